The van der Waals surface area contributed by atoms with Crippen LogP contribution in [0.1, 0.15) is 44.7 Å². The van der Waals surface area contributed by atoms with Crippen molar-refractivity contribution in [2.75, 3.05) is 10.8 Å². The molecule has 0 aliphatic heterocycles. The molecule has 0 saturated carbocycles. The lowest BCUT2D eigenvalue weighted by molar-refractivity contribution is -0.140. The second-order valence-corrected chi connectivity index (χ2v) is 12.4. The summed E-state index contributed by atoms with van der Waals surface area (Å²) in [5.41, 5.74) is 1.81. The minimum atomic E-state index is -4.19. The molecular weight excluding hydrogens is 569 g/mol. The Bertz CT molecular complexity index is 1410. The molecule has 0 aliphatic rings. The van der Waals surface area contributed by atoms with E-state index in [1.807, 2.05) is 27.7 Å². The van der Waals surface area contributed by atoms with Gasteiger partial charge in [-0.3, -0.25) is 13.9 Å². The average molecular weight is 605 g/mol. The molecular formula is C30H35Cl2N3O4S. The first-order chi connectivity index (χ1) is 19.0. The molecule has 2 amide bonds. The van der Waals surface area contributed by atoms with Gasteiger partial charge in [0.2, 0.25) is 11.8 Å². The third-order valence-corrected chi connectivity index (χ3v) is 9.01. The Morgan fingerprint density at radius 1 is 0.900 bits per heavy atom. The first-order valence-corrected chi connectivity index (χ1v) is 15.4. The van der Waals surface area contributed by atoms with E-state index in [9.17, 15) is 18.0 Å². The van der Waals surface area contributed by atoms with Crippen LogP contribution in [0.25, 0.3) is 0 Å². The van der Waals surface area contributed by atoms with Crippen LogP contribution in [0.15, 0.2) is 77.7 Å². The molecule has 3 rings (SSSR count). The van der Waals surface area contributed by atoms with Gasteiger partial charge < -0.3 is 10.2 Å². The van der Waals surface area contributed by atoms with Crippen LogP contribution in [0, 0.1) is 6.92 Å². The molecule has 0 bridgehead atoms. The average Bonchev–Trinajstić information content (AvgIpc) is 2.93. The van der Waals surface area contributed by atoms with Gasteiger partial charge in [-0.25, -0.2) is 8.42 Å². The van der Waals surface area contributed by atoms with Crippen LogP contribution < -0.4 is 9.62 Å². The summed E-state index contributed by atoms with van der Waals surface area (Å²) < 4.78 is 28.8. The molecule has 2 atom stereocenters. The normalized spacial score (nSPS) is 12.8. The van der Waals surface area contributed by atoms with Crippen LogP contribution in [-0.4, -0.2) is 43.8 Å². The van der Waals surface area contributed by atoms with Crippen molar-refractivity contribution in [2.45, 2.75) is 64.1 Å². The molecule has 0 aliphatic carbocycles. The lowest BCUT2D eigenvalue weighted by Gasteiger charge is -2.34. The maximum atomic E-state index is 14.1. The highest BCUT2D eigenvalue weighted by Crippen LogP contribution is 2.31. The number of nitrogens with one attached hydrogen (secondary N) is 1. The van der Waals surface area contributed by atoms with Gasteiger partial charge in [0, 0.05) is 17.6 Å². The lowest BCUT2D eigenvalue weighted by Crippen LogP contribution is -2.53. The Morgan fingerprint density at radius 3 is 2.10 bits per heavy atom. The highest BCUT2D eigenvalue weighted by molar-refractivity contribution is 7.92. The van der Waals surface area contributed by atoms with Gasteiger partial charge >= 0.3 is 0 Å². The topological polar surface area (TPSA) is 86.8 Å². The molecule has 3 aromatic carbocycles. The second-order valence-electron chi connectivity index (χ2n) is 9.67. The molecule has 10 heteroatoms. The monoisotopic (exact) mass is 603 g/mol. The summed E-state index contributed by atoms with van der Waals surface area (Å²) in [7, 11) is -4.19. The van der Waals surface area contributed by atoms with Gasteiger partial charge in [0.1, 0.15) is 12.6 Å². The number of para-hydroxylation sites is 1. The highest BCUT2D eigenvalue weighted by Gasteiger charge is 2.34. The second kappa shape index (κ2) is 14.0. The van der Waals surface area contributed by atoms with Gasteiger partial charge in [0.15, 0.2) is 0 Å². The molecule has 1 N–H and O–H groups in total. The molecule has 0 saturated heterocycles. The molecule has 0 aromatic heterocycles. The fourth-order valence-electron chi connectivity index (χ4n) is 4.15. The van der Waals surface area contributed by atoms with E-state index in [-0.39, 0.29) is 34.1 Å². The van der Waals surface area contributed by atoms with Crippen molar-refractivity contribution >= 4 is 50.7 Å². The van der Waals surface area contributed by atoms with Gasteiger partial charge in [-0.1, -0.05) is 79.0 Å². The third-order valence-electron chi connectivity index (χ3n) is 6.66. The summed E-state index contributed by atoms with van der Waals surface area (Å²) in [6.45, 7) is 7.06. The standard InChI is InChI=1S/C30H35Cl2N3O4S/c1-5-22(4)33-30(37)27(6-2)34(19-23-13-15-24(31)16-14-23)29(36)20-35(28-10-8-7-9-26(28)32)40(38,39)25-17-11-21(3)12-18-25/h7-18,22,27H,5-6,19-20H2,1-4H3,(H,33,37)/t22-,27-/m0/s1. The molecule has 214 valence electrons. The number of carbonyl (C=O) groups is 2. The fraction of sp³-hybridized carbons (Fsp3) is 0.333. The molecule has 40 heavy (non-hydrogen) atoms. The number of rotatable bonds is 12. The minimum absolute atomic E-state index is 0.0247. The number of nitrogens with zero attached hydrogens (tertiary/aromatic N) is 2. The summed E-state index contributed by atoms with van der Waals surface area (Å²) >= 11 is 12.5. The quantitative estimate of drug-likeness (QED) is 0.266. The van der Waals surface area contributed by atoms with Crippen molar-refractivity contribution < 1.29 is 18.0 Å². The van der Waals surface area contributed by atoms with Crippen LogP contribution in [0.5, 0.6) is 0 Å². The van der Waals surface area contributed by atoms with Gasteiger partial charge in [0.25, 0.3) is 10.0 Å². The van der Waals surface area contributed by atoms with Gasteiger partial charge in [0.05, 0.1) is 15.6 Å². The molecule has 0 spiro atoms. The zero-order chi connectivity index (χ0) is 29.4. The first kappa shape index (κ1) is 31.5. The number of carbonyl (C=O) groups excluding carboxylic acids is 2. The number of benzene rings is 3. The number of amides is 2. The SMILES string of the molecule is CC[C@H](C)NC(=O)[C@H](CC)N(Cc1ccc(Cl)cc1)C(=O)CN(c1ccccc1Cl)S(=O)(=O)c1ccc(C)cc1. The summed E-state index contributed by atoms with van der Waals surface area (Å²) in [5.74, 6) is -0.846. The Kier molecular flexibility index (Phi) is 11.0. The van der Waals surface area contributed by atoms with Crippen LogP contribution in [0.3, 0.4) is 0 Å². The zero-order valence-electron chi connectivity index (χ0n) is 23.1. The smallest absolute Gasteiger partial charge is 0.264 e. The number of hydrogen-bond donors (Lipinski definition) is 1. The Morgan fingerprint density at radius 2 is 1.52 bits per heavy atom. The van der Waals surface area contributed by atoms with E-state index in [2.05, 4.69) is 5.32 Å². The third kappa shape index (κ3) is 7.77. The summed E-state index contributed by atoms with van der Waals surface area (Å²) in [6.07, 6.45) is 1.06. The zero-order valence-corrected chi connectivity index (χ0v) is 25.4. The van der Waals surface area contributed by atoms with Crippen LogP contribution in [0.4, 0.5) is 5.69 Å². The summed E-state index contributed by atoms with van der Waals surface area (Å²) in [6, 6.07) is 18.9. The summed E-state index contributed by atoms with van der Waals surface area (Å²) in [5, 5.41) is 3.68. The van der Waals surface area contributed by atoms with E-state index < -0.39 is 28.5 Å². The van der Waals surface area contributed by atoms with Crippen molar-refractivity contribution in [1.29, 1.82) is 0 Å². The van der Waals surface area contributed by atoms with Gasteiger partial charge in [-0.05, 0) is 68.7 Å². The number of sulfonamides is 1. The summed E-state index contributed by atoms with van der Waals surface area (Å²) in [4.78, 5) is 28.8. The number of anilines is 1. The molecule has 0 fully saturated rings. The van der Waals surface area contributed by atoms with E-state index in [1.165, 1.54) is 17.0 Å². The van der Waals surface area contributed by atoms with E-state index in [1.54, 1.807) is 60.7 Å². The van der Waals surface area contributed by atoms with Crippen LogP contribution >= 0.6 is 23.2 Å². The maximum Gasteiger partial charge on any atom is 0.264 e. The minimum Gasteiger partial charge on any atom is -0.352 e. The highest BCUT2D eigenvalue weighted by atomic mass is 35.5. The molecule has 0 unspecified atom stereocenters. The van der Waals surface area contributed by atoms with Gasteiger partial charge in [-0.15, -0.1) is 0 Å². The number of halogens is 2. The molecule has 3 aromatic rings. The molecule has 0 radical (unpaired) electrons. The fourth-order valence-corrected chi connectivity index (χ4v) is 6.00. The molecule has 0 heterocycles. The number of hydrogen-bond acceptors (Lipinski definition) is 4. The largest absolute Gasteiger partial charge is 0.352 e. The Balaban J connectivity index is 2.06. The number of aryl methyl sites for hydroxylation is 1. The van der Waals surface area contributed by atoms with E-state index >= 15 is 0 Å². The Labute approximate surface area is 247 Å². The van der Waals surface area contributed by atoms with Crippen molar-refractivity contribution in [3.63, 3.8) is 0 Å². The van der Waals surface area contributed by atoms with Crippen LogP contribution in [-0.2, 0) is 26.2 Å². The van der Waals surface area contributed by atoms with Gasteiger partial charge in [-0.2, -0.15) is 0 Å². The van der Waals surface area contributed by atoms with E-state index in [4.69, 9.17) is 23.2 Å². The van der Waals surface area contributed by atoms with Crippen molar-refractivity contribution in [3.8, 4) is 0 Å². The molecule has 7 nitrogen and oxygen atoms in total. The van der Waals surface area contributed by atoms with Crippen molar-refractivity contribution in [1.82, 2.24) is 10.2 Å². The van der Waals surface area contributed by atoms with E-state index in [0.717, 1.165) is 21.9 Å². The maximum absolute atomic E-state index is 14.1. The van der Waals surface area contributed by atoms with Crippen molar-refractivity contribution in [3.05, 3.63) is 94.0 Å². The predicted molar refractivity (Wildman–Crippen MR) is 161 cm³/mol. The first-order valence-electron chi connectivity index (χ1n) is 13.2. The Hall–Kier alpha value is -3.07. The lowest BCUT2D eigenvalue weighted by atomic mass is 10.1. The van der Waals surface area contributed by atoms with E-state index in [0.29, 0.717) is 11.4 Å². The predicted octanol–water partition coefficient (Wildman–Crippen LogP) is 6.22. The van der Waals surface area contributed by atoms with Crippen molar-refractivity contribution in [2.24, 2.45) is 0 Å². The van der Waals surface area contributed by atoms with Crippen LogP contribution in [0.2, 0.25) is 10.0 Å².